The van der Waals surface area contributed by atoms with Crippen LogP contribution in [0.1, 0.15) is 77.6 Å². The molecule has 0 radical (unpaired) electrons. The molecular weight excluding hydrogens is 291 g/mol. The van der Waals surface area contributed by atoms with Gasteiger partial charge in [-0.3, -0.25) is 4.79 Å². The fourth-order valence-corrected chi connectivity index (χ4v) is 4.95. The van der Waals surface area contributed by atoms with Crippen molar-refractivity contribution in [2.75, 3.05) is 0 Å². The van der Waals surface area contributed by atoms with E-state index in [2.05, 4.69) is 10.5 Å². The molecule has 5 atom stereocenters. The lowest BCUT2D eigenvalue weighted by molar-refractivity contribution is -0.128. The number of amides is 1. The quantitative estimate of drug-likeness (QED) is 0.598. The lowest BCUT2D eigenvalue weighted by Gasteiger charge is -2.39. The maximum atomic E-state index is 13.9. The molecule has 0 aromatic heterocycles. The standard InChI is InChI=1S/C19H31FN2O/c1-13(15-11-10-14-6-2-3-7-16(14)12-15)21-22-19(23)17-8-4-5-9-18(17)20/h14-18H,2-12H2,1H3,(H,22,23)/b21-13+. The van der Waals surface area contributed by atoms with E-state index in [4.69, 9.17) is 0 Å². The third kappa shape index (κ3) is 4.13. The third-order valence-corrected chi connectivity index (χ3v) is 6.49. The van der Waals surface area contributed by atoms with Crippen molar-refractivity contribution in [1.82, 2.24) is 5.43 Å². The summed E-state index contributed by atoms with van der Waals surface area (Å²) in [5.41, 5.74) is 3.70. The molecule has 0 aromatic carbocycles. The summed E-state index contributed by atoms with van der Waals surface area (Å²) in [6.07, 6.45) is 11.3. The second-order valence-electron chi connectivity index (χ2n) is 7.95. The Morgan fingerprint density at radius 3 is 2.43 bits per heavy atom. The first-order chi connectivity index (χ1) is 11.1. The topological polar surface area (TPSA) is 41.5 Å². The Morgan fingerprint density at radius 1 is 0.957 bits per heavy atom. The van der Waals surface area contributed by atoms with E-state index in [0.717, 1.165) is 30.4 Å². The lowest BCUT2D eigenvalue weighted by atomic mass is 9.67. The zero-order chi connectivity index (χ0) is 16.2. The maximum absolute atomic E-state index is 13.9. The van der Waals surface area contributed by atoms with Crippen molar-refractivity contribution in [1.29, 1.82) is 0 Å². The molecule has 130 valence electrons. The van der Waals surface area contributed by atoms with E-state index < -0.39 is 12.1 Å². The molecule has 3 nitrogen and oxygen atoms in total. The van der Waals surface area contributed by atoms with Gasteiger partial charge >= 0.3 is 0 Å². The van der Waals surface area contributed by atoms with Crippen molar-refractivity contribution < 1.29 is 9.18 Å². The Labute approximate surface area is 139 Å². The van der Waals surface area contributed by atoms with Crippen LogP contribution in [0.15, 0.2) is 5.10 Å². The van der Waals surface area contributed by atoms with Crippen molar-refractivity contribution in [2.45, 2.75) is 83.7 Å². The van der Waals surface area contributed by atoms with Gasteiger partial charge in [-0.15, -0.1) is 0 Å². The van der Waals surface area contributed by atoms with Gasteiger partial charge < -0.3 is 0 Å². The molecular formula is C19H31FN2O. The van der Waals surface area contributed by atoms with Crippen LogP contribution in [0.3, 0.4) is 0 Å². The number of rotatable bonds is 3. The molecule has 4 heteroatoms. The monoisotopic (exact) mass is 322 g/mol. The van der Waals surface area contributed by atoms with Crippen molar-refractivity contribution in [2.24, 2.45) is 28.8 Å². The fraction of sp³-hybridized carbons (Fsp3) is 0.895. The van der Waals surface area contributed by atoms with Gasteiger partial charge in [0.25, 0.3) is 0 Å². The lowest BCUT2D eigenvalue weighted by Crippen LogP contribution is -2.36. The number of carbonyl (C=O) groups is 1. The van der Waals surface area contributed by atoms with Gasteiger partial charge in [0.05, 0.1) is 5.92 Å². The van der Waals surface area contributed by atoms with Crippen LogP contribution in [0.25, 0.3) is 0 Å². The van der Waals surface area contributed by atoms with Crippen molar-refractivity contribution >= 4 is 11.6 Å². The van der Waals surface area contributed by atoms with Crippen molar-refractivity contribution in [3.63, 3.8) is 0 Å². The van der Waals surface area contributed by atoms with Crippen molar-refractivity contribution in [3.05, 3.63) is 0 Å². The van der Waals surface area contributed by atoms with Crippen LogP contribution < -0.4 is 5.43 Å². The molecule has 0 bridgehead atoms. The number of nitrogens with zero attached hydrogens (tertiary/aromatic N) is 1. The number of fused-ring (bicyclic) bond motifs is 1. The molecule has 3 saturated carbocycles. The minimum atomic E-state index is -0.989. The Kier molecular flexibility index (Phi) is 5.71. The van der Waals surface area contributed by atoms with Crippen LogP contribution in [-0.4, -0.2) is 17.8 Å². The molecule has 0 saturated heterocycles. The summed E-state index contributed by atoms with van der Waals surface area (Å²) >= 11 is 0. The summed E-state index contributed by atoms with van der Waals surface area (Å²) < 4.78 is 13.9. The molecule has 1 N–H and O–H groups in total. The average molecular weight is 322 g/mol. The third-order valence-electron chi connectivity index (χ3n) is 6.49. The first-order valence-electron chi connectivity index (χ1n) is 9.63. The molecule has 0 aliphatic heterocycles. The number of hydrazone groups is 1. The molecule has 3 aliphatic carbocycles. The summed E-state index contributed by atoms with van der Waals surface area (Å²) in [6, 6.07) is 0. The minimum Gasteiger partial charge on any atom is -0.273 e. The summed E-state index contributed by atoms with van der Waals surface area (Å²) in [5.74, 6) is 1.58. The summed E-state index contributed by atoms with van der Waals surface area (Å²) in [5, 5.41) is 4.35. The highest BCUT2D eigenvalue weighted by Gasteiger charge is 2.34. The zero-order valence-corrected chi connectivity index (χ0v) is 14.4. The van der Waals surface area contributed by atoms with Gasteiger partial charge in [0.1, 0.15) is 6.17 Å². The van der Waals surface area contributed by atoms with E-state index in [-0.39, 0.29) is 5.91 Å². The normalized spacial score (nSPS) is 38.7. The van der Waals surface area contributed by atoms with E-state index in [1.807, 2.05) is 6.92 Å². The number of carbonyl (C=O) groups excluding carboxylic acids is 1. The highest BCUT2D eigenvalue weighted by atomic mass is 19.1. The number of halogens is 1. The van der Waals surface area contributed by atoms with Crippen LogP contribution >= 0.6 is 0 Å². The molecule has 0 spiro atoms. The first-order valence-corrected chi connectivity index (χ1v) is 9.63. The number of nitrogens with one attached hydrogen (secondary N) is 1. The smallest absolute Gasteiger partial charge is 0.246 e. The van der Waals surface area contributed by atoms with E-state index in [1.54, 1.807) is 0 Å². The molecule has 1 amide bonds. The molecule has 3 rings (SSSR count). The first kappa shape index (κ1) is 16.9. The van der Waals surface area contributed by atoms with E-state index in [9.17, 15) is 9.18 Å². The van der Waals surface area contributed by atoms with Crippen LogP contribution in [0.4, 0.5) is 4.39 Å². The summed E-state index contributed by atoms with van der Waals surface area (Å²) in [7, 11) is 0. The predicted octanol–water partition coefficient (Wildman–Crippen LogP) is 4.61. The van der Waals surface area contributed by atoms with Gasteiger partial charge in [-0.05, 0) is 56.8 Å². The van der Waals surface area contributed by atoms with E-state index in [1.165, 1.54) is 44.9 Å². The zero-order valence-electron chi connectivity index (χ0n) is 14.4. The van der Waals surface area contributed by atoms with Crippen LogP contribution in [-0.2, 0) is 4.79 Å². The maximum Gasteiger partial charge on any atom is 0.246 e. The second-order valence-corrected chi connectivity index (χ2v) is 7.95. The molecule has 3 fully saturated rings. The summed E-state index contributed by atoms with van der Waals surface area (Å²) in [6.45, 7) is 2.03. The Morgan fingerprint density at radius 2 is 1.65 bits per heavy atom. The minimum absolute atomic E-state index is 0.220. The average Bonchev–Trinajstić information content (AvgIpc) is 2.59. The predicted molar refractivity (Wildman–Crippen MR) is 90.9 cm³/mol. The largest absolute Gasteiger partial charge is 0.273 e. The summed E-state index contributed by atoms with van der Waals surface area (Å²) in [4.78, 5) is 12.2. The molecule has 0 heterocycles. The van der Waals surface area contributed by atoms with Gasteiger partial charge in [0.2, 0.25) is 5.91 Å². The SMILES string of the molecule is C/C(=N\NC(=O)C1CCCCC1F)C1CCC2CCCCC2C1. The van der Waals surface area contributed by atoms with Crippen LogP contribution in [0.2, 0.25) is 0 Å². The highest BCUT2D eigenvalue weighted by Crippen LogP contribution is 2.43. The second kappa shape index (κ2) is 7.76. The van der Waals surface area contributed by atoms with Gasteiger partial charge in [-0.2, -0.15) is 5.10 Å². The fourth-order valence-electron chi connectivity index (χ4n) is 4.95. The Bertz CT molecular complexity index is 451. The van der Waals surface area contributed by atoms with Gasteiger partial charge in [-0.25, -0.2) is 9.82 Å². The number of alkyl halides is 1. The van der Waals surface area contributed by atoms with Gasteiger partial charge in [-0.1, -0.05) is 38.5 Å². The highest BCUT2D eigenvalue weighted by molar-refractivity contribution is 5.87. The van der Waals surface area contributed by atoms with E-state index >= 15 is 0 Å². The Balaban J connectivity index is 1.52. The molecule has 5 unspecified atom stereocenters. The molecule has 23 heavy (non-hydrogen) atoms. The van der Waals surface area contributed by atoms with Gasteiger partial charge in [0.15, 0.2) is 0 Å². The van der Waals surface area contributed by atoms with E-state index in [0.29, 0.717) is 18.8 Å². The van der Waals surface area contributed by atoms with Crippen molar-refractivity contribution in [3.8, 4) is 0 Å². The Hall–Kier alpha value is -0.930. The number of hydrogen-bond acceptors (Lipinski definition) is 2. The van der Waals surface area contributed by atoms with Crippen LogP contribution in [0.5, 0.6) is 0 Å². The number of hydrogen-bond donors (Lipinski definition) is 1. The molecule has 3 aliphatic rings. The molecule has 0 aromatic rings. The van der Waals surface area contributed by atoms with Gasteiger partial charge in [0, 0.05) is 5.71 Å². The van der Waals surface area contributed by atoms with Crippen LogP contribution in [0, 0.1) is 23.7 Å².